The smallest absolute Gasteiger partial charge is 0.294 e. The van der Waals surface area contributed by atoms with Crippen LogP contribution in [0.1, 0.15) is 54.3 Å². The summed E-state index contributed by atoms with van der Waals surface area (Å²) in [7, 11) is 1.56. The first-order valence-corrected chi connectivity index (χ1v) is 11.1. The van der Waals surface area contributed by atoms with Crippen LogP contribution in [0.15, 0.2) is 71.3 Å². The van der Waals surface area contributed by atoms with Gasteiger partial charge in [0.05, 0.1) is 13.4 Å². The summed E-state index contributed by atoms with van der Waals surface area (Å²) in [4.78, 5) is 28.6. The lowest BCUT2D eigenvalue weighted by Gasteiger charge is -2.33. The standard InChI is InChI=1S/C26H27FN2O4/c1-32-22-15-13-21(14-16-22)29(26(31)23-8-5-17-33-23)24(18-9-11-19(27)12-10-18)25(30)28-20-6-3-2-4-7-20/h5,8-17,20,24H,2-4,6-7H2,1H3,(H,28,30)/t24-/m1/s1. The van der Waals surface area contributed by atoms with E-state index in [2.05, 4.69) is 5.32 Å². The van der Waals surface area contributed by atoms with Crippen LogP contribution in [0, 0.1) is 5.82 Å². The number of anilines is 1. The molecule has 0 radical (unpaired) electrons. The third kappa shape index (κ3) is 5.25. The molecule has 1 saturated carbocycles. The lowest BCUT2D eigenvalue weighted by Crippen LogP contribution is -2.47. The zero-order chi connectivity index (χ0) is 23.2. The molecule has 0 unspecified atom stereocenters. The predicted molar refractivity (Wildman–Crippen MR) is 123 cm³/mol. The van der Waals surface area contributed by atoms with Gasteiger partial charge in [0.25, 0.3) is 5.91 Å². The highest BCUT2D eigenvalue weighted by Crippen LogP contribution is 2.32. The van der Waals surface area contributed by atoms with Gasteiger partial charge in [-0.05, 0) is 66.9 Å². The van der Waals surface area contributed by atoms with Gasteiger partial charge >= 0.3 is 0 Å². The quantitative estimate of drug-likeness (QED) is 0.533. The van der Waals surface area contributed by atoms with Crippen molar-refractivity contribution < 1.29 is 23.1 Å². The molecule has 0 bridgehead atoms. The van der Waals surface area contributed by atoms with E-state index in [1.54, 1.807) is 43.5 Å². The van der Waals surface area contributed by atoms with Gasteiger partial charge in [-0.3, -0.25) is 14.5 Å². The molecule has 1 heterocycles. The molecule has 172 valence electrons. The van der Waals surface area contributed by atoms with Crippen molar-refractivity contribution in [2.75, 3.05) is 12.0 Å². The summed E-state index contributed by atoms with van der Waals surface area (Å²) in [6.45, 7) is 0. The molecule has 0 spiro atoms. The number of carbonyl (C=O) groups excluding carboxylic acids is 2. The van der Waals surface area contributed by atoms with Crippen molar-refractivity contribution in [1.82, 2.24) is 5.32 Å². The molecule has 2 aromatic carbocycles. The van der Waals surface area contributed by atoms with E-state index in [4.69, 9.17) is 9.15 Å². The Morgan fingerprint density at radius 2 is 1.73 bits per heavy atom. The Hall–Kier alpha value is -3.61. The van der Waals surface area contributed by atoms with E-state index in [0.29, 0.717) is 17.0 Å². The van der Waals surface area contributed by atoms with Crippen molar-refractivity contribution >= 4 is 17.5 Å². The Morgan fingerprint density at radius 3 is 2.33 bits per heavy atom. The fourth-order valence-electron chi connectivity index (χ4n) is 4.24. The van der Waals surface area contributed by atoms with Crippen molar-refractivity contribution in [3.63, 3.8) is 0 Å². The first-order valence-electron chi connectivity index (χ1n) is 11.1. The zero-order valence-electron chi connectivity index (χ0n) is 18.5. The number of nitrogens with one attached hydrogen (secondary N) is 1. The Balaban J connectivity index is 1.77. The topological polar surface area (TPSA) is 71.8 Å². The van der Waals surface area contributed by atoms with Gasteiger partial charge in [-0.15, -0.1) is 0 Å². The largest absolute Gasteiger partial charge is 0.497 e. The molecule has 1 aromatic heterocycles. The molecule has 6 nitrogen and oxygen atoms in total. The number of methoxy groups -OCH3 is 1. The van der Waals surface area contributed by atoms with Crippen molar-refractivity contribution in [2.24, 2.45) is 0 Å². The summed E-state index contributed by atoms with van der Waals surface area (Å²) in [5.74, 6) is -0.487. The van der Waals surface area contributed by atoms with Gasteiger partial charge in [0.2, 0.25) is 5.91 Å². The molecule has 0 saturated heterocycles. The van der Waals surface area contributed by atoms with E-state index in [0.717, 1.165) is 32.1 Å². The molecule has 0 aliphatic heterocycles. The van der Waals surface area contributed by atoms with Gasteiger partial charge in [0, 0.05) is 11.7 Å². The first-order chi connectivity index (χ1) is 16.1. The molecule has 7 heteroatoms. The zero-order valence-corrected chi connectivity index (χ0v) is 18.5. The molecule has 1 fully saturated rings. The lowest BCUT2D eigenvalue weighted by molar-refractivity contribution is -0.123. The minimum atomic E-state index is -1.02. The first kappa shape index (κ1) is 22.6. The van der Waals surface area contributed by atoms with Gasteiger partial charge in [0.1, 0.15) is 17.6 Å². The fourth-order valence-corrected chi connectivity index (χ4v) is 4.24. The minimum Gasteiger partial charge on any atom is -0.497 e. The number of carbonyl (C=O) groups is 2. The monoisotopic (exact) mass is 450 g/mol. The summed E-state index contributed by atoms with van der Waals surface area (Å²) in [5.41, 5.74) is 0.991. The van der Waals surface area contributed by atoms with E-state index < -0.39 is 17.8 Å². The summed E-state index contributed by atoms with van der Waals surface area (Å²) in [6, 6.07) is 14.7. The lowest BCUT2D eigenvalue weighted by atomic mass is 9.94. The second kappa shape index (κ2) is 10.3. The number of benzene rings is 2. The van der Waals surface area contributed by atoms with E-state index in [9.17, 15) is 14.0 Å². The van der Waals surface area contributed by atoms with E-state index in [-0.39, 0.29) is 17.7 Å². The number of nitrogens with zero attached hydrogens (tertiary/aromatic N) is 1. The summed E-state index contributed by atoms with van der Waals surface area (Å²) >= 11 is 0. The fraction of sp³-hybridized carbons (Fsp3) is 0.308. The Labute approximate surface area is 192 Å². The second-order valence-electron chi connectivity index (χ2n) is 8.15. The molecule has 1 aliphatic carbocycles. The predicted octanol–water partition coefficient (Wildman–Crippen LogP) is 5.26. The summed E-state index contributed by atoms with van der Waals surface area (Å²) < 4.78 is 24.3. The maximum absolute atomic E-state index is 13.7. The molecule has 33 heavy (non-hydrogen) atoms. The molecule has 3 aromatic rings. The number of furan rings is 1. The number of halogens is 1. The van der Waals surface area contributed by atoms with Gasteiger partial charge in [0.15, 0.2) is 5.76 Å². The van der Waals surface area contributed by atoms with Crippen LogP contribution in [0.4, 0.5) is 10.1 Å². The van der Waals surface area contributed by atoms with E-state index in [1.807, 2.05) is 0 Å². The van der Waals surface area contributed by atoms with Crippen LogP contribution < -0.4 is 15.0 Å². The molecular formula is C26H27FN2O4. The molecule has 1 atom stereocenters. The third-order valence-electron chi connectivity index (χ3n) is 5.95. The van der Waals surface area contributed by atoms with E-state index in [1.165, 1.54) is 35.4 Å². The van der Waals surface area contributed by atoms with Crippen molar-refractivity contribution in [1.29, 1.82) is 0 Å². The van der Waals surface area contributed by atoms with Crippen LogP contribution in [0.3, 0.4) is 0 Å². The highest BCUT2D eigenvalue weighted by Gasteiger charge is 2.35. The number of rotatable bonds is 7. The maximum atomic E-state index is 13.7. The minimum absolute atomic E-state index is 0.0469. The van der Waals surface area contributed by atoms with Gasteiger partial charge in [-0.1, -0.05) is 31.4 Å². The van der Waals surface area contributed by atoms with Crippen LogP contribution in [0.2, 0.25) is 0 Å². The molecule has 2 amide bonds. The number of hydrogen-bond donors (Lipinski definition) is 1. The highest BCUT2D eigenvalue weighted by atomic mass is 19.1. The Bertz CT molecular complexity index is 1060. The van der Waals surface area contributed by atoms with Crippen molar-refractivity contribution in [3.05, 3.63) is 84.1 Å². The van der Waals surface area contributed by atoms with Crippen LogP contribution in [-0.4, -0.2) is 25.0 Å². The van der Waals surface area contributed by atoms with Crippen LogP contribution in [0.25, 0.3) is 0 Å². The summed E-state index contributed by atoms with van der Waals surface area (Å²) in [6.07, 6.45) is 6.48. The third-order valence-corrected chi connectivity index (χ3v) is 5.95. The molecule has 1 aliphatic rings. The Kier molecular flexibility index (Phi) is 7.07. The Morgan fingerprint density at radius 1 is 1.03 bits per heavy atom. The number of ether oxygens (including phenoxy) is 1. The van der Waals surface area contributed by atoms with Crippen molar-refractivity contribution in [3.8, 4) is 5.75 Å². The van der Waals surface area contributed by atoms with Gasteiger partial charge in [-0.2, -0.15) is 0 Å². The maximum Gasteiger partial charge on any atom is 0.294 e. The van der Waals surface area contributed by atoms with Crippen LogP contribution in [0.5, 0.6) is 5.75 Å². The van der Waals surface area contributed by atoms with Crippen LogP contribution >= 0.6 is 0 Å². The molecule has 4 rings (SSSR count). The van der Waals surface area contributed by atoms with Gasteiger partial charge in [-0.25, -0.2) is 4.39 Å². The normalized spacial score (nSPS) is 15.0. The highest BCUT2D eigenvalue weighted by molar-refractivity contribution is 6.08. The molecule has 1 N–H and O–H groups in total. The number of amides is 2. The van der Waals surface area contributed by atoms with Crippen LogP contribution in [-0.2, 0) is 4.79 Å². The second-order valence-corrected chi connectivity index (χ2v) is 8.15. The van der Waals surface area contributed by atoms with Crippen molar-refractivity contribution in [2.45, 2.75) is 44.2 Å². The summed E-state index contributed by atoms with van der Waals surface area (Å²) in [5, 5.41) is 3.12. The average Bonchev–Trinajstić information content (AvgIpc) is 3.39. The average molecular weight is 451 g/mol. The van der Waals surface area contributed by atoms with Gasteiger partial charge < -0.3 is 14.5 Å². The SMILES string of the molecule is COc1ccc(N(C(=O)c2ccco2)[C@@H](C(=O)NC2CCCCC2)c2ccc(F)cc2)cc1. The number of hydrogen-bond acceptors (Lipinski definition) is 4. The van der Waals surface area contributed by atoms with E-state index >= 15 is 0 Å². The molecular weight excluding hydrogens is 423 g/mol.